The van der Waals surface area contributed by atoms with Crippen LogP contribution in [0.4, 0.5) is 21.5 Å². The summed E-state index contributed by atoms with van der Waals surface area (Å²) in [5.41, 5.74) is 17.5. The SMILES string of the molecule is CC(C)(C)c1ccc(N2c3ccc(C(C)(C)C)cc3B3c4c2cc(-c2ccccc2F)cc4-n2c4ccc(C(C)(C)C)cc4c4cc(C(C)(C)C)cc3c42)cc1. The lowest BCUT2D eigenvalue weighted by atomic mass is 9.33. The Kier molecular flexibility index (Phi) is 7.81. The average molecular weight is 737 g/mol. The van der Waals surface area contributed by atoms with E-state index in [1.807, 2.05) is 12.1 Å². The Morgan fingerprint density at radius 1 is 0.482 bits per heavy atom. The molecule has 0 fully saturated rings. The zero-order chi connectivity index (χ0) is 39.9. The number of nitrogens with zero attached hydrogens (tertiary/aromatic N) is 2. The van der Waals surface area contributed by atoms with E-state index in [1.54, 1.807) is 12.1 Å². The lowest BCUT2D eigenvalue weighted by Crippen LogP contribution is -2.60. The predicted octanol–water partition coefficient (Wildman–Crippen LogP) is 12.4. The molecule has 6 aromatic carbocycles. The van der Waals surface area contributed by atoms with Crippen molar-refractivity contribution in [2.24, 2.45) is 0 Å². The number of halogens is 1. The Morgan fingerprint density at radius 2 is 1.04 bits per heavy atom. The Labute approximate surface area is 333 Å². The van der Waals surface area contributed by atoms with Crippen molar-refractivity contribution in [2.75, 3.05) is 4.90 Å². The Morgan fingerprint density at radius 3 is 1.68 bits per heavy atom. The number of benzene rings is 6. The first-order valence-electron chi connectivity index (χ1n) is 20.3. The fraction of sp³-hybridized carbons (Fsp3) is 0.308. The topological polar surface area (TPSA) is 8.17 Å². The van der Waals surface area contributed by atoms with E-state index in [4.69, 9.17) is 0 Å². The summed E-state index contributed by atoms with van der Waals surface area (Å²) >= 11 is 0. The fourth-order valence-corrected chi connectivity index (χ4v) is 9.14. The van der Waals surface area contributed by atoms with Gasteiger partial charge in [0.05, 0.1) is 5.52 Å². The highest BCUT2D eigenvalue weighted by molar-refractivity contribution is 7.00. The predicted molar refractivity (Wildman–Crippen MR) is 240 cm³/mol. The molecule has 2 nitrogen and oxygen atoms in total. The standard InChI is InChI=1S/C52H54BFN2/c1-49(2,3)32-17-21-36(22-18-32)55-44-24-20-34(51(7,8)9)29-40(44)53-41-30-35(52(10,11)12)28-39-38-27-33(50(4,5)6)19-23-43(38)56(48(39)41)46-26-31(25-45(55)47(46)53)37-15-13-14-16-42(37)54/h13-30H,1-12H3. The first kappa shape index (κ1) is 36.5. The summed E-state index contributed by atoms with van der Waals surface area (Å²) in [7, 11) is 0. The Hall–Kier alpha value is -5.09. The minimum atomic E-state index is -0.216. The number of rotatable bonds is 2. The maximum absolute atomic E-state index is 16.0. The molecule has 3 heterocycles. The van der Waals surface area contributed by atoms with Crippen LogP contribution in [-0.2, 0) is 21.7 Å². The van der Waals surface area contributed by atoms with Gasteiger partial charge in [0.15, 0.2) is 0 Å². The van der Waals surface area contributed by atoms with Crippen LogP contribution in [0.25, 0.3) is 38.6 Å². The van der Waals surface area contributed by atoms with Gasteiger partial charge in [-0.2, -0.15) is 0 Å². The second kappa shape index (κ2) is 12.0. The zero-order valence-corrected chi connectivity index (χ0v) is 35.2. The molecule has 0 saturated carbocycles. The number of hydrogen-bond acceptors (Lipinski definition) is 1. The molecule has 0 unspecified atom stereocenters. The van der Waals surface area contributed by atoms with Gasteiger partial charge in [-0.25, -0.2) is 4.39 Å². The summed E-state index contributed by atoms with van der Waals surface area (Å²) in [4.78, 5) is 2.45. The van der Waals surface area contributed by atoms with Gasteiger partial charge < -0.3 is 9.47 Å². The highest BCUT2D eigenvalue weighted by Gasteiger charge is 2.43. The molecule has 0 saturated heterocycles. The van der Waals surface area contributed by atoms with Crippen molar-refractivity contribution in [3.8, 4) is 16.8 Å². The van der Waals surface area contributed by atoms with Crippen LogP contribution in [0.15, 0.2) is 109 Å². The first-order chi connectivity index (χ1) is 26.2. The maximum Gasteiger partial charge on any atom is 0.252 e. The molecular formula is C52H54BFN2. The molecule has 7 aromatic rings. The summed E-state index contributed by atoms with van der Waals surface area (Å²) in [6, 6.07) is 40.0. The molecular weight excluding hydrogens is 682 g/mol. The van der Waals surface area contributed by atoms with E-state index in [1.165, 1.54) is 66.1 Å². The minimum absolute atomic E-state index is 0.00681. The van der Waals surface area contributed by atoms with Crippen LogP contribution in [0.1, 0.15) is 105 Å². The van der Waals surface area contributed by atoms with E-state index in [0.717, 1.165) is 22.6 Å². The fourth-order valence-electron chi connectivity index (χ4n) is 9.14. The maximum atomic E-state index is 16.0. The molecule has 0 radical (unpaired) electrons. The van der Waals surface area contributed by atoms with Crippen molar-refractivity contribution in [3.05, 3.63) is 137 Å². The molecule has 2 aliphatic heterocycles. The smallest absolute Gasteiger partial charge is 0.252 e. The zero-order valence-electron chi connectivity index (χ0n) is 35.2. The van der Waals surface area contributed by atoms with Gasteiger partial charge in [-0.3, -0.25) is 0 Å². The van der Waals surface area contributed by atoms with Gasteiger partial charge in [-0.1, -0.05) is 138 Å². The lowest BCUT2D eigenvalue weighted by Gasteiger charge is -2.41. The van der Waals surface area contributed by atoms with Gasteiger partial charge in [0.25, 0.3) is 6.71 Å². The third kappa shape index (κ3) is 5.58. The van der Waals surface area contributed by atoms with E-state index in [9.17, 15) is 0 Å². The number of aromatic nitrogens is 1. The van der Waals surface area contributed by atoms with Crippen LogP contribution in [0.5, 0.6) is 0 Å². The van der Waals surface area contributed by atoms with Gasteiger partial charge in [0.2, 0.25) is 0 Å². The summed E-state index contributed by atoms with van der Waals surface area (Å²) in [5, 5.41) is 2.55. The minimum Gasteiger partial charge on any atom is -0.311 e. The highest BCUT2D eigenvalue weighted by atomic mass is 19.1. The average Bonchev–Trinajstić information content (AvgIpc) is 3.46. The largest absolute Gasteiger partial charge is 0.311 e. The van der Waals surface area contributed by atoms with Crippen molar-refractivity contribution in [2.45, 2.75) is 105 Å². The summed E-state index contributed by atoms with van der Waals surface area (Å²) in [6.45, 7) is 27.6. The molecule has 0 atom stereocenters. The number of fused-ring (bicyclic) bond motifs is 7. The van der Waals surface area contributed by atoms with Crippen molar-refractivity contribution in [1.29, 1.82) is 0 Å². The Bertz CT molecular complexity index is 2740. The lowest BCUT2D eigenvalue weighted by molar-refractivity contribution is 0.590. The van der Waals surface area contributed by atoms with Crippen LogP contribution in [0.2, 0.25) is 0 Å². The Balaban J connectivity index is 1.48. The quantitative estimate of drug-likeness (QED) is 0.160. The third-order valence-corrected chi connectivity index (χ3v) is 12.5. The van der Waals surface area contributed by atoms with Gasteiger partial charge in [0.1, 0.15) is 5.82 Å². The summed E-state index contributed by atoms with van der Waals surface area (Å²) in [5.74, 6) is -0.216. The number of anilines is 3. The van der Waals surface area contributed by atoms with Crippen molar-refractivity contribution in [1.82, 2.24) is 4.57 Å². The first-order valence-corrected chi connectivity index (χ1v) is 20.3. The summed E-state index contributed by atoms with van der Waals surface area (Å²) < 4.78 is 18.5. The molecule has 1 aromatic heterocycles. The second-order valence-corrected chi connectivity index (χ2v) is 20.5. The van der Waals surface area contributed by atoms with Crippen molar-refractivity contribution in [3.63, 3.8) is 0 Å². The van der Waals surface area contributed by atoms with E-state index in [-0.39, 0.29) is 34.2 Å². The monoisotopic (exact) mass is 736 g/mol. The molecule has 0 bridgehead atoms. The van der Waals surface area contributed by atoms with E-state index < -0.39 is 0 Å². The van der Waals surface area contributed by atoms with Crippen molar-refractivity contribution >= 4 is 62.0 Å². The van der Waals surface area contributed by atoms with Gasteiger partial charge in [-0.15, -0.1) is 0 Å². The second-order valence-electron chi connectivity index (χ2n) is 20.5. The van der Waals surface area contributed by atoms with Gasteiger partial charge in [0, 0.05) is 44.6 Å². The molecule has 0 spiro atoms. The van der Waals surface area contributed by atoms with Crippen LogP contribution < -0.4 is 21.3 Å². The third-order valence-electron chi connectivity index (χ3n) is 12.5. The molecule has 56 heavy (non-hydrogen) atoms. The van der Waals surface area contributed by atoms with Crippen LogP contribution in [0, 0.1) is 5.82 Å². The molecule has 2 aliphatic rings. The van der Waals surface area contributed by atoms with E-state index >= 15 is 4.39 Å². The highest BCUT2D eigenvalue weighted by Crippen LogP contribution is 2.45. The molecule has 4 heteroatoms. The van der Waals surface area contributed by atoms with Crippen molar-refractivity contribution < 1.29 is 4.39 Å². The van der Waals surface area contributed by atoms with E-state index in [0.29, 0.717) is 5.56 Å². The molecule has 282 valence electrons. The molecule has 9 rings (SSSR count). The van der Waals surface area contributed by atoms with Gasteiger partial charge in [-0.05, 0) is 120 Å². The van der Waals surface area contributed by atoms with Crippen LogP contribution in [-0.4, -0.2) is 11.3 Å². The summed E-state index contributed by atoms with van der Waals surface area (Å²) in [6.07, 6.45) is 0. The van der Waals surface area contributed by atoms with Crippen LogP contribution in [0.3, 0.4) is 0 Å². The normalized spacial score (nSPS) is 14.1. The number of hydrogen-bond donors (Lipinski definition) is 0. The molecule has 0 aliphatic carbocycles. The van der Waals surface area contributed by atoms with Crippen LogP contribution >= 0.6 is 0 Å². The van der Waals surface area contributed by atoms with E-state index in [2.05, 4.69) is 177 Å². The molecule has 0 N–H and O–H groups in total. The van der Waals surface area contributed by atoms with Gasteiger partial charge >= 0.3 is 0 Å². The molecule has 0 amide bonds.